The lowest BCUT2D eigenvalue weighted by atomic mass is 10.3. The van der Waals surface area contributed by atoms with E-state index in [1.807, 2.05) is 0 Å². The Morgan fingerprint density at radius 3 is 2.29 bits per heavy atom. The minimum Gasteiger partial charge on any atom is -0.475 e. The first-order chi connectivity index (χ1) is 9.71. The number of hydrogen-bond donors (Lipinski definition) is 2. The fourth-order valence-corrected chi connectivity index (χ4v) is 1.55. The van der Waals surface area contributed by atoms with Crippen molar-refractivity contribution < 1.29 is 23.1 Å². The van der Waals surface area contributed by atoms with E-state index in [0.29, 0.717) is 0 Å². The summed E-state index contributed by atoms with van der Waals surface area (Å²) >= 11 is 0. The molecule has 0 spiro atoms. The van der Waals surface area contributed by atoms with Crippen molar-refractivity contribution in [3.63, 3.8) is 0 Å². The minimum absolute atomic E-state index is 0.0658. The van der Waals surface area contributed by atoms with E-state index in [1.54, 1.807) is 19.2 Å². The molecule has 1 aliphatic heterocycles. The molecule has 1 aromatic heterocycles. The fourth-order valence-electron chi connectivity index (χ4n) is 1.55. The molecule has 118 valence electrons. The Morgan fingerprint density at radius 1 is 1.33 bits per heavy atom. The first-order valence-electron chi connectivity index (χ1n) is 6.02. The Balaban J connectivity index is 0.000000270. The van der Waals surface area contributed by atoms with E-state index < -0.39 is 12.1 Å². The SMILES string of the molecule is Cn1nc(N2CCNCC2)ccc1=O.O=C(O)C(F)(F)F. The van der Waals surface area contributed by atoms with Gasteiger partial charge in [-0.2, -0.15) is 18.3 Å². The van der Waals surface area contributed by atoms with E-state index in [2.05, 4.69) is 15.3 Å². The normalized spacial score (nSPS) is 15.1. The van der Waals surface area contributed by atoms with Crippen molar-refractivity contribution in [1.82, 2.24) is 15.1 Å². The number of hydrogen-bond acceptors (Lipinski definition) is 5. The third kappa shape index (κ3) is 5.42. The number of nitrogens with one attached hydrogen (secondary N) is 1. The predicted octanol–water partition coefficient (Wildman–Crippen LogP) is -0.177. The molecule has 1 saturated heterocycles. The van der Waals surface area contributed by atoms with E-state index in [0.717, 1.165) is 32.0 Å². The average Bonchev–Trinajstić information content (AvgIpc) is 2.42. The second-order valence-corrected chi connectivity index (χ2v) is 4.19. The molecule has 2 heterocycles. The number of nitrogens with zero attached hydrogens (tertiary/aromatic N) is 3. The second-order valence-electron chi connectivity index (χ2n) is 4.19. The van der Waals surface area contributed by atoms with Crippen LogP contribution < -0.4 is 15.8 Å². The molecule has 7 nitrogen and oxygen atoms in total. The van der Waals surface area contributed by atoms with Crippen molar-refractivity contribution in [2.75, 3.05) is 31.1 Å². The standard InChI is InChI=1S/C9H14N4O.C2HF3O2/c1-12-9(14)3-2-8(11-12)13-6-4-10-5-7-13;3-2(4,5)1(6)7/h2-3,10H,4-7H2,1H3;(H,6,7). The highest BCUT2D eigenvalue weighted by Crippen LogP contribution is 2.13. The summed E-state index contributed by atoms with van der Waals surface area (Å²) in [6.45, 7) is 3.85. The Bertz CT molecular complexity index is 538. The Hall–Kier alpha value is -2.10. The number of carbonyl (C=O) groups is 1. The van der Waals surface area contributed by atoms with Crippen molar-refractivity contribution in [3.8, 4) is 0 Å². The lowest BCUT2D eigenvalue weighted by Gasteiger charge is -2.28. The van der Waals surface area contributed by atoms with E-state index in [9.17, 15) is 18.0 Å². The number of aromatic nitrogens is 2. The molecule has 0 amide bonds. The highest BCUT2D eigenvalue weighted by atomic mass is 19.4. The number of carboxylic acids is 1. The Labute approximate surface area is 118 Å². The van der Waals surface area contributed by atoms with E-state index in [4.69, 9.17) is 9.90 Å². The molecule has 0 radical (unpaired) electrons. The van der Waals surface area contributed by atoms with Crippen LogP contribution in [0, 0.1) is 0 Å². The number of piperazine rings is 1. The summed E-state index contributed by atoms with van der Waals surface area (Å²) in [5.41, 5.74) is -0.0658. The van der Waals surface area contributed by atoms with Gasteiger partial charge in [-0.15, -0.1) is 0 Å². The molecule has 1 fully saturated rings. The number of carboxylic acid groups (broad SMARTS) is 1. The summed E-state index contributed by atoms with van der Waals surface area (Å²) < 4.78 is 33.1. The molecular weight excluding hydrogens is 293 g/mol. The molecule has 2 rings (SSSR count). The third-order valence-corrected chi connectivity index (χ3v) is 2.63. The summed E-state index contributed by atoms with van der Waals surface area (Å²) in [4.78, 5) is 22.2. The molecule has 0 aromatic carbocycles. The predicted molar refractivity (Wildman–Crippen MR) is 68.3 cm³/mol. The van der Waals surface area contributed by atoms with Crippen LogP contribution in [-0.4, -0.2) is 53.2 Å². The lowest BCUT2D eigenvalue weighted by molar-refractivity contribution is -0.192. The van der Waals surface area contributed by atoms with Gasteiger partial charge >= 0.3 is 12.1 Å². The molecular formula is C11H15F3N4O3. The zero-order valence-electron chi connectivity index (χ0n) is 11.2. The molecule has 1 aromatic rings. The molecule has 21 heavy (non-hydrogen) atoms. The van der Waals surface area contributed by atoms with Crippen molar-refractivity contribution in [2.45, 2.75) is 6.18 Å². The van der Waals surface area contributed by atoms with Crippen LogP contribution in [0.5, 0.6) is 0 Å². The third-order valence-electron chi connectivity index (χ3n) is 2.63. The molecule has 0 saturated carbocycles. The summed E-state index contributed by atoms with van der Waals surface area (Å²) in [6.07, 6.45) is -5.08. The Morgan fingerprint density at radius 2 is 1.86 bits per heavy atom. The van der Waals surface area contributed by atoms with Crippen molar-refractivity contribution in [1.29, 1.82) is 0 Å². The van der Waals surface area contributed by atoms with Crippen LogP contribution in [0.3, 0.4) is 0 Å². The maximum atomic E-state index is 11.1. The Kier molecular flexibility index (Phi) is 5.70. The van der Waals surface area contributed by atoms with Crippen LogP contribution in [0.25, 0.3) is 0 Å². The number of rotatable bonds is 1. The minimum atomic E-state index is -5.08. The van der Waals surface area contributed by atoms with E-state index in [1.165, 1.54) is 4.68 Å². The highest BCUT2D eigenvalue weighted by molar-refractivity contribution is 5.73. The molecule has 0 bridgehead atoms. The average molecular weight is 308 g/mol. The van der Waals surface area contributed by atoms with Crippen LogP contribution in [0.2, 0.25) is 0 Å². The number of anilines is 1. The van der Waals surface area contributed by atoms with Crippen LogP contribution in [0.1, 0.15) is 0 Å². The van der Waals surface area contributed by atoms with Gasteiger partial charge in [0, 0.05) is 39.3 Å². The zero-order chi connectivity index (χ0) is 16.0. The van der Waals surface area contributed by atoms with Gasteiger partial charge in [0.15, 0.2) is 0 Å². The molecule has 0 atom stereocenters. The topological polar surface area (TPSA) is 87.5 Å². The van der Waals surface area contributed by atoms with Gasteiger partial charge in [-0.3, -0.25) is 4.79 Å². The summed E-state index contributed by atoms with van der Waals surface area (Å²) in [5, 5.41) is 14.6. The molecule has 0 aliphatic carbocycles. The van der Waals surface area contributed by atoms with Crippen molar-refractivity contribution >= 4 is 11.8 Å². The quantitative estimate of drug-likeness (QED) is 0.748. The van der Waals surface area contributed by atoms with Gasteiger partial charge in [-0.25, -0.2) is 9.48 Å². The van der Waals surface area contributed by atoms with Crippen LogP contribution in [0.4, 0.5) is 19.0 Å². The van der Waals surface area contributed by atoms with Gasteiger partial charge in [-0.1, -0.05) is 0 Å². The fraction of sp³-hybridized carbons (Fsp3) is 0.545. The van der Waals surface area contributed by atoms with Gasteiger partial charge in [0.25, 0.3) is 5.56 Å². The highest BCUT2D eigenvalue weighted by Gasteiger charge is 2.38. The summed E-state index contributed by atoms with van der Waals surface area (Å²) in [5.74, 6) is -1.87. The molecule has 1 aliphatic rings. The van der Waals surface area contributed by atoms with E-state index >= 15 is 0 Å². The maximum Gasteiger partial charge on any atom is 0.490 e. The van der Waals surface area contributed by atoms with Gasteiger partial charge in [0.05, 0.1) is 0 Å². The van der Waals surface area contributed by atoms with Crippen LogP contribution >= 0.6 is 0 Å². The molecule has 0 unspecified atom stereocenters. The molecule has 10 heteroatoms. The lowest BCUT2D eigenvalue weighted by Crippen LogP contribution is -2.44. The van der Waals surface area contributed by atoms with Crippen molar-refractivity contribution in [2.24, 2.45) is 7.05 Å². The van der Waals surface area contributed by atoms with Gasteiger partial charge in [0.1, 0.15) is 5.82 Å². The maximum absolute atomic E-state index is 11.1. The van der Waals surface area contributed by atoms with Crippen LogP contribution in [0.15, 0.2) is 16.9 Å². The number of aliphatic carboxylic acids is 1. The van der Waals surface area contributed by atoms with Crippen LogP contribution in [-0.2, 0) is 11.8 Å². The summed E-state index contributed by atoms with van der Waals surface area (Å²) in [7, 11) is 1.67. The summed E-state index contributed by atoms with van der Waals surface area (Å²) in [6, 6.07) is 3.35. The first kappa shape index (κ1) is 17.0. The van der Waals surface area contributed by atoms with E-state index in [-0.39, 0.29) is 5.56 Å². The van der Waals surface area contributed by atoms with Gasteiger partial charge in [0.2, 0.25) is 0 Å². The number of halogens is 3. The first-order valence-corrected chi connectivity index (χ1v) is 6.02. The largest absolute Gasteiger partial charge is 0.490 e. The smallest absolute Gasteiger partial charge is 0.475 e. The van der Waals surface area contributed by atoms with Crippen molar-refractivity contribution in [3.05, 3.63) is 22.5 Å². The zero-order valence-corrected chi connectivity index (χ0v) is 11.2. The number of alkyl halides is 3. The second kappa shape index (κ2) is 7.07. The van der Waals surface area contributed by atoms with Gasteiger partial charge < -0.3 is 15.3 Å². The van der Waals surface area contributed by atoms with Gasteiger partial charge in [-0.05, 0) is 6.07 Å². The monoisotopic (exact) mass is 308 g/mol. The number of aryl methyl sites for hydroxylation is 1. The molecule has 2 N–H and O–H groups in total.